The maximum absolute atomic E-state index is 14.0. The van der Waals surface area contributed by atoms with Crippen molar-refractivity contribution < 1.29 is 14.4 Å². The van der Waals surface area contributed by atoms with Crippen molar-refractivity contribution >= 4 is 45.7 Å². The number of hydrogen-bond acceptors (Lipinski definition) is 6. The summed E-state index contributed by atoms with van der Waals surface area (Å²) in [5.74, 6) is -0.835. The third-order valence-electron chi connectivity index (χ3n) is 6.13. The Labute approximate surface area is 223 Å². The molecule has 1 atom stereocenters. The molecule has 0 aliphatic carbocycles. The minimum Gasteiger partial charge on any atom is -0.350 e. The zero-order chi connectivity index (χ0) is 26.5. The topological polar surface area (TPSA) is 97.2 Å². The largest absolute Gasteiger partial charge is 0.350 e. The highest BCUT2D eigenvalue weighted by Crippen LogP contribution is 2.32. The summed E-state index contributed by atoms with van der Waals surface area (Å²) in [6.45, 7) is 1.64. The van der Waals surface area contributed by atoms with E-state index in [1.807, 2.05) is 72.1 Å². The van der Waals surface area contributed by atoms with E-state index < -0.39 is 6.04 Å². The molecule has 9 heteroatoms. The molecule has 8 nitrogen and oxygen atoms in total. The number of para-hydroxylation sites is 1. The molecule has 5 rings (SSSR count). The molecule has 0 saturated carbocycles. The number of benzene rings is 3. The van der Waals surface area contributed by atoms with Gasteiger partial charge in [-0.15, -0.1) is 16.4 Å². The lowest BCUT2D eigenvalue weighted by Crippen LogP contribution is -2.45. The molecular weight excluding hydrogens is 498 g/mol. The maximum Gasteiger partial charge on any atom is 0.249 e. The van der Waals surface area contributed by atoms with Crippen molar-refractivity contribution in [1.29, 1.82) is 0 Å². The van der Waals surface area contributed by atoms with Crippen LogP contribution in [0.4, 0.5) is 5.69 Å². The van der Waals surface area contributed by atoms with Crippen LogP contribution in [0.2, 0.25) is 0 Å². The van der Waals surface area contributed by atoms with Crippen LogP contribution in [0, 0.1) is 0 Å². The van der Waals surface area contributed by atoms with Crippen LogP contribution in [-0.4, -0.2) is 32.6 Å². The summed E-state index contributed by atoms with van der Waals surface area (Å²) in [4.78, 5) is 42.1. The van der Waals surface area contributed by atoms with Gasteiger partial charge in [-0.05, 0) is 48.2 Å². The predicted octanol–water partition coefficient (Wildman–Crippen LogP) is 4.79. The van der Waals surface area contributed by atoms with Gasteiger partial charge in [-0.2, -0.15) is 0 Å². The Morgan fingerprint density at radius 3 is 2.50 bits per heavy atom. The number of aromatic nitrogens is 3. The van der Waals surface area contributed by atoms with E-state index >= 15 is 0 Å². The van der Waals surface area contributed by atoms with Crippen molar-refractivity contribution in [2.75, 3.05) is 4.90 Å². The van der Waals surface area contributed by atoms with Crippen LogP contribution in [0.3, 0.4) is 0 Å². The van der Waals surface area contributed by atoms with Gasteiger partial charge in [0.05, 0.1) is 5.52 Å². The van der Waals surface area contributed by atoms with Gasteiger partial charge in [-0.25, -0.2) is 4.68 Å². The molecule has 0 aliphatic rings. The minimum atomic E-state index is -0.955. The third-order valence-corrected chi connectivity index (χ3v) is 7.06. The van der Waals surface area contributed by atoms with Crippen LogP contribution in [-0.2, 0) is 22.7 Å². The van der Waals surface area contributed by atoms with E-state index in [1.165, 1.54) is 27.8 Å². The zero-order valence-electron chi connectivity index (χ0n) is 20.7. The molecule has 38 heavy (non-hydrogen) atoms. The number of rotatable bonds is 9. The molecule has 5 aromatic rings. The highest BCUT2D eigenvalue weighted by Gasteiger charge is 2.34. The molecule has 1 N–H and O–H groups in total. The number of nitrogens with one attached hydrogen (secondary N) is 1. The maximum atomic E-state index is 14.0. The first kappa shape index (κ1) is 25.0. The number of fused-ring (bicyclic) bond motifs is 1. The van der Waals surface area contributed by atoms with Crippen molar-refractivity contribution in [2.24, 2.45) is 0 Å². The molecule has 3 aromatic carbocycles. The van der Waals surface area contributed by atoms with Gasteiger partial charge in [-0.1, -0.05) is 65.9 Å². The lowest BCUT2D eigenvalue weighted by Gasteiger charge is -2.31. The van der Waals surface area contributed by atoms with E-state index in [0.717, 1.165) is 5.56 Å². The van der Waals surface area contributed by atoms with Crippen molar-refractivity contribution in [2.45, 2.75) is 26.1 Å². The van der Waals surface area contributed by atoms with Crippen molar-refractivity contribution in [1.82, 2.24) is 20.3 Å². The molecule has 2 aromatic heterocycles. The van der Waals surface area contributed by atoms with Gasteiger partial charge >= 0.3 is 0 Å². The average Bonchev–Trinajstić information content (AvgIpc) is 3.61. The number of nitrogens with zero attached hydrogens (tertiary/aromatic N) is 4. The number of anilines is 1. The third kappa shape index (κ3) is 5.37. The number of carbonyl (C=O) groups is 3. The smallest absolute Gasteiger partial charge is 0.249 e. The zero-order valence-corrected chi connectivity index (χ0v) is 21.5. The van der Waals surface area contributed by atoms with E-state index in [0.29, 0.717) is 33.7 Å². The monoisotopic (exact) mass is 523 g/mol. The van der Waals surface area contributed by atoms with Gasteiger partial charge < -0.3 is 5.32 Å². The van der Waals surface area contributed by atoms with Gasteiger partial charge in [0.25, 0.3) is 0 Å². The number of ketones is 1. The van der Waals surface area contributed by atoms with Crippen LogP contribution in [0.5, 0.6) is 0 Å². The SMILES string of the molecule is CC(=O)c1cccc(N(C(=O)Cn2nnc3ccccc32)[C@H](C(=O)NCc2ccccc2)c2cccs2)c1. The van der Waals surface area contributed by atoms with Crippen LogP contribution >= 0.6 is 11.3 Å². The Hall–Kier alpha value is -4.63. The average molecular weight is 524 g/mol. The molecule has 0 bridgehead atoms. The summed E-state index contributed by atoms with van der Waals surface area (Å²) in [7, 11) is 0. The summed E-state index contributed by atoms with van der Waals surface area (Å²) >= 11 is 1.39. The Bertz CT molecular complexity index is 1580. The second-order valence-electron chi connectivity index (χ2n) is 8.73. The number of carbonyl (C=O) groups excluding carboxylic acids is 3. The quantitative estimate of drug-likeness (QED) is 0.280. The number of Topliss-reactive ketones (excluding diaryl/α,β-unsaturated/α-hetero) is 1. The van der Waals surface area contributed by atoms with E-state index in [4.69, 9.17) is 0 Å². The first-order valence-corrected chi connectivity index (χ1v) is 13.0. The van der Waals surface area contributed by atoms with Gasteiger partial charge in [-0.3, -0.25) is 19.3 Å². The minimum absolute atomic E-state index is 0.136. The van der Waals surface area contributed by atoms with Crippen molar-refractivity contribution in [3.63, 3.8) is 0 Å². The molecule has 0 unspecified atom stereocenters. The summed E-state index contributed by atoms with van der Waals surface area (Å²) in [6.07, 6.45) is 0. The van der Waals surface area contributed by atoms with E-state index in [1.54, 1.807) is 24.3 Å². The van der Waals surface area contributed by atoms with Crippen LogP contribution in [0.25, 0.3) is 11.0 Å². The van der Waals surface area contributed by atoms with E-state index in [2.05, 4.69) is 15.6 Å². The molecule has 0 radical (unpaired) electrons. The first-order valence-electron chi connectivity index (χ1n) is 12.1. The Morgan fingerprint density at radius 2 is 1.74 bits per heavy atom. The second kappa shape index (κ2) is 11.2. The van der Waals surface area contributed by atoms with Gasteiger partial charge in [0.15, 0.2) is 5.78 Å². The number of hydrogen-bond donors (Lipinski definition) is 1. The van der Waals surface area contributed by atoms with Gasteiger partial charge in [0, 0.05) is 22.7 Å². The highest BCUT2D eigenvalue weighted by molar-refractivity contribution is 7.10. The molecule has 0 spiro atoms. The van der Waals surface area contributed by atoms with Crippen LogP contribution in [0.1, 0.15) is 33.8 Å². The fourth-order valence-corrected chi connectivity index (χ4v) is 5.07. The molecule has 0 fully saturated rings. The summed E-state index contributed by atoms with van der Waals surface area (Å²) in [5.41, 5.74) is 3.21. The number of amides is 2. The van der Waals surface area contributed by atoms with Crippen LogP contribution in [0.15, 0.2) is 96.4 Å². The first-order chi connectivity index (χ1) is 18.5. The van der Waals surface area contributed by atoms with Crippen molar-refractivity contribution in [3.05, 3.63) is 112 Å². The van der Waals surface area contributed by atoms with Crippen LogP contribution < -0.4 is 10.2 Å². The lowest BCUT2D eigenvalue weighted by molar-refractivity contribution is -0.127. The Morgan fingerprint density at radius 1 is 0.947 bits per heavy atom. The summed E-state index contributed by atoms with van der Waals surface area (Å²) in [6, 6.07) is 26.4. The second-order valence-corrected chi connectivity index (χ2v) is 9.71. The number of thiophene rings is 1. The predicted molar refractivity (Wildman–Crippen MR) is 147 cm³/mol. The summed E-state index contributed by atoms with van der Waals surface area (Å²) in [5, 5.41) is 13.2. The molecule has 0 aliphatic heterocycles. The fraction of sp³-hybridized carbons (Fsp3) is 0.138. The van der Waals surface area contributed by atoms with Gasteiger partial charge in [0.2, 0.25) is 11.8 Å². The molecule has 190 valence electrons. The Balaban J connectivity index is 1.55. The van der Waals surface area contributed by atoms with Crippen molar-refractivity contribution in [3.8, 4) is 0 Å². The standard InChI is InChI=1S/C29H25N5O3S/c1-20(35)22-11-7-12-23(17-22)34(27(36)19-33-25-14-6-5-13-24(25)31-32-33)28(26-15-8-16-38-26)29(37)30-18-21-9-3-2-4-10-21/h2-17,28H,18-19H2,1H3,(H,30,37)/t28-/m0/s1. The Kier molecular flexibility index (Phi) is 7.37. The normalized spacial score (nSPS) is 11.7. The van der Waals surface area contributed by atoms with E-state index in [-0.39, 0.29) is 24.1 Å². The fourth-order valence-electron chi connectivity index (χ4n) is 4.25. The highest BCUT2D eigenvalue weighted by atomic mass is 32.1. The van der Waals surface area contributed by atoms with E-state index in [9.17, 15) is 14.4 Å². The lowest BCUT2D eigenvalue weighted by atomic mass is 10.1. The summed E-state index contributed by atoms with van der Waals surface area (Å²) < 4.78 is 1.52. The molecule has 2 amide bonds. The molecule has 0 saturated heterocycles. The van der Waals surface area contributed by atoms with Gasteiger partial charge in [0.1, 0.15) is 18.1 Å². The molecular formula is C29H25N5O3S. The molecule has 2 heterocycles.